The summed E-state index contributed by atoms with van der Waals surface area (Å²) in [5, 5.41) is 4.79. The molecule has 0 fully saturated rings. The zero-order valence-electron chi connectivity index (χ0n) is 11.2. The molecule has 1 aliphatic rings. The SMILES string of the molecule is CCn1cc(C2=CCNCC2)c2cc(C)ccc21. The van der Waals surface area contributed by atoms with Crippen LogP contribution >= 0.6 is 0 Å². The third-order valence-corrected chi connectivity index (χ3v) is 3.79. The molecule has 0 atom stereocenters. The van der Waals surface area contributed by atoms with E-state index in [0.717, 1.165) is 26.1 Å². The topological polar surface area (TPSA) is 17.0 Å². The standard InChI is InChI=1S/C16H20N2/c1-3-18-11-15(13-6-8-17-9-7-13)14-10-12(2)4-5-16(14)18/h4-6,10-11,17H,3,7-9H2,1-2H3. The van der Waals surface area contributed by atoms with Gasteiger partial charge in [0.15, 0.2) is 0 Å². The lowest BCUT2D eigenvalue weighted by Crippen LogP contribution is -2.19. The van der Waals surface area contributed by atoms with Gasteiger partial charge in [0.1, 0.15) is 0 Å². The fourth-order valence-corrected chi connectivity index (χ4v) is 2.80. The van der Waals surface area contributed by atoms with E-state index >= 15 is 0 Å². The number of fused-ring (bicyclic) bond motifs is 1. The molecule has 2 heterocycles. The van der Waals surface area contributed by atoms with Gasteiger partial charge in [-0.2, -0.15) is 0 Å². The van der Waals surface area contributed by atoms with E-state index in [4.69, 9.17) is 0 Å². The first-order valence-electron chi connectivity index (χ1n) is 6.79. The summed E-state index contributed by atoms with van der Waals surface area (Å²) in [4.78, 5) is 0. The molecular formula is C16H20N2. The van der Waals surface area contributed by atoms with Crippen molar-refractivity contribution < 1.29 is 0 Å². The Bertz CT molecular complexity index is 605. The molecule has 0 radical (unpaired) electrons. The molecular weight excluding hydrogens is 220 g/mol. The average molecular weight is 240 g/mol. The Hall–Kier alpha value is -1.54. The predicted molar refractivity (Wildman–Crippen MR) is 77.8 cm³/mol. The highest BCUT2D eigenvalue weighted by Crippen LogP contribution is 2.30. The molecule has 0 aliphatic carbocycles. The second-order valence-electron chi connectivity index (χ2n) is 5.03. The van der Waals surface area contributed by atoms with E-state index in [-0.39, 0.29) is 0 Å². The zero-order chi connectivity index (χ0) is 12.5. The average Bonchev–Trinajstić information content (AvgIpc) is 2.77. The minimum atomic E-state index is 1.000. The van der Waals surface area contributed by atoms with Crippen LogP contribution in [0.3, 0.4) is 0 Å². The molecule has 1 aliphatic heterocycles. The van der Waals surface area contributed by atoms with Gasteiger partial charge in [-0.05, 0) is 44.5 Å². The van der Waals surface area contributed by atoms with Crippen molar-refractivity contribution in [1.29, 1.82) is 0 Å². The van der Waals surface area contributed by atoms with Gasteiger partial charge in [-0.15, -0.1) is 0 Å². The summed E-state index contributed by atoms with van der Waals surface area (Å²) in [6.07, 6.45) is 5.79. The Kier molecular flexibility index (Phi) is 2.96. The van der Waals surface area contributed by atoms with Crippen LogP contribution < -0.4 is 5.32 Å². The molecule has 0 saturated heterocycles. The fraction of sp³-hybridized carbons (Fsp3) is 0.375. The van der Waals surface area contributed by atoms with Crippen molar-refractivity contribution in [3.63, 3.8) is 0 Å². The second-order valence-corrected chi connectivity index (χ2v) is 5.03. The van der Waals surface area contributed by atoms with Crippen LogP contribution in [0, 0.1) is 6.92 Å². The number of hydrogen-bond acceptors (Lipinski definition) is 1. The van der Waals surface area contributed by atoms with E-state index in [1.54, 1.807) is 0 Å². The van der Waals surface area contributed by atoms with Crippen LogP contribution in [0.4, 0.5) is 0 Å². The minimum Gasteiger partial charge on any atom is -0.347 e. The van der Waals surface area contributed by atoms with Crippen LogP contribution in [-0.4, -0.2) is 17.7 Å². The summed E-state index contributed by atoms with van der Waals surface area (Å²) in [6, 6.07) is 6.77. The third kappa shape index (κ3) is 1.87. The summed E-state index contributed by atoms with van der Waals surface area (Å²) in [5.41, 5.74) is 5.62. The second kappa shape index (κ2) is 4.62. The molecule has 1 aromatic carbocycles. The van der Waals surface area contributed by atoms with Crippen LogP contribution in [0.1, 0.15) is 24.5 Å². The van der Waals surface area contributed by atoms with E-state index in [9.17, 15) is 0 Å². The molecule has 0 saturated carbocycles. The van der Waals surface area contributed by atoms with Gasteiger partial charge in [0.05, 0.1) is 0 Å². The molecule has 0 unspecified atom stereocenters. The van der Waals surface area contributed by atoms with Crippen molar-refractivity contribution in [3.8, 4) is 0 Å². The molecule has 1 aromatic heterocycles. The molecule has 18 heavy (non-hydrogen) atoms. The summed E-state index contributed by atoms with van der Waals surface area (Å²) >= 11 is 0. The van der Waals surface area contributed by atoms with Crippen LogP contribution in [0.5, 0.6) is 0 Å². The molecule has 0 amide bonds. The van der Waals surface area contributed by atoms with Crippen molar-refractivity contribution in [1.82, 2.24) is 9.88 Å². The molecule has 0 spiro atoms. The fourth-order valence-electron chi connectivity index (χ4n) is 2.80. The predicted octanol–water partition coefficient (Wildman–Crippen LogP) is 3.35. The molecule has 2 heteroatoms. The van der Waals surface area contributed by atoms with Gasteiger partial charge >= 0.3 is 0 Å². The first kappa shape index (κ1) is 11.5. The van der Waals surface area contributed by atoms with Crippen molar-refractivity contribution in [3.05, 3.63) is 41.6 Å². The number of aryl methyl sites for hydroxylation is 2. The third-order valence-electron chi connectivity index (χ3n) is 3.79. The summed E-state index contributed by atoms with van der Waals surface area (Å²) in [6.45, 7) is 7.50. The number of rotatable bonds is 2. The van der Waals surface area contributed by atoms with Crippen LogP contribution in [0.15, 0.2) is 30.5 Å². The molecule has 2 aromatic rings. The smallest absolute Gasteiger partial charge is 0.0486 e. The van der Waals surface area contributed by atoms with E-state index in [1.807, 2.05) is 0 Å². The molecule has 1 N–H and O–H groups in total. The van der Waals surface area contributed by atoms with E-state index in [2.05, 4.69) is 54.2 Å². The van der Waals surface area contributed by atoms with Crippen molar-refractivity contribution in [2.24, 2.45) is 0 Å². The lowest BCUT2D eigenvalue weighted by atomic mass is 9.99. The summed E-state index contributed by atoms with van der Waals surface area (Å²) in [7, 11) is 0. The first-order valence-corrected chi connectivity index (χ1v) is 6.79. The van der Waals surface area contributed by atoms with Gasteiger partial charge in [-0.1, -0.05) is 17.7 Å². The molecule has 3 rings (SSSR count). The summed E-state index contributed by atoms with van der Waals surface area (Å²) in [5.74, 6) is 0. The highest BCUT2D eigenvalue weighted by Gasteiger charge is 2.13. The molecule has 2 nitrogen and oxygen atoms in total. The van der Waals surface area contributed by atoms with Gasteiger partial charge in [0, 0.05) is 35.8 Å². The Morgan fingerprint density at radius 2 is 2.22 bits per heavy atom. The van der Waals surface area contributed by atoms with Gasteiger partial charge in [-0.3, -0.25) is 0 Å². The van der Waals surface area contributed by atoms with E-state index in [1.165, 1.54) is 27.6 Å². The summed E-state index contributed by atoms with van der Waals surface area (Å²) < 4.78 is 2.35. The van der Waals surface area contributed by atoms with Crippen molar-refractivity contribution in [2.45, 2.75) is 26.8 Å². The van der Waals surface area contributed by atoms with Gasteiger partial charge in [0.2, 0.25) is 0 Å². The maximum Gasteiger partial charge on any atom is 0.0486 e. The Morgan fingerprint density at radius 1 is 1.33 bits per heavy atom. The van der Waals surface area contributed by atoms with Gasteiger partial charge in [-0.25, -0.2) is 0 Å². The van der Waals surface area contributed by atoms with Gasteiger partial charge < -0.3 is 9.88 Å². The Morgan fingerprint density at radius 3 is 2.94 bits per heavy atom. The van der Waals surface area contributed by atoms with Crippen LogP contribution in [0.2, 0.25) is 0 Å². The number of benzene rings is 1. The highest BCUT2D eigenvalue weighted by molar-refractivity contribution is 5.93. The first-order chi connectivity index (χ1) is 8.79. The normalized spacial score (nSPS) is 16.0. The van der Waals surface area contributed by atoms with E-state index in [0.29, 0.717) is 0 Å². The van der Waals surface area contributed by atoms with Crippen LogP contribution in [0.25, 0.3) is 16.5 Å². The number of hydrogen-bond donors (Lipinski definition) is 1. The maximum absolute atomic E-state index is 3.38. The zero-order valence-corrected chi connectivity index (χ0v) is 11.2. The number of nitrogens with zero attached hydrogens (tertiary/aromatic N) is 1. The highest BCUT2D eigenvalue weighted by atomic mass is 14.9. The molecule has 94 valence electrons. The van der Waals surface area contributed by atoms with Crippen molar-refractivity contribution >= 4 is 16.5 Å². The number of nitrogens with one attached hydrogen (secondary N) is 1. The van der Waals surface area contributed by atoms with E-state index < -0.39 is 0 Å². The maximum atomic E-state index is 3.38. The molecule has 0 bridgehead atoms. The largest absolute Gasteiger partial charge is 0.347 e. The Labute approximate surface area is 108 Å². The minimum absolute atomic E-state index is 1.000. The lowest BCUT2D eigenvalue weighted by Gasteiger charge is -2.13. The quantitative estimate of drug-likeness (QED) is 0.852. The monoisotopic (exact) mass is 240 g/mol. The van der Waals surface area contributed by atoms with Gasteiger partial charge in [0.25, 0.3) is 0 Å². The Balaban J connectivity index is 2.21. The lowest BCUT2D eigenvalue weighted by molar-refractivity contribution is 0.738. The number of aromatic nitrogens is 1. The van der Waals surface area contributed by atoms with Crippen molar-refractivity contribution in [2.75, 3.05) is 13.1 Å². The van der Waals surface area contributed by atoms with Crippen LogP contribution in [-0.2, 0) is 6.54 Å².